The topological polar surface area (TPSA) is 70.0 Å². The highest BCUT2D eigenvalue weighted by molar-refractivity contribution is 5.18. The van der Waals surface area contributed by atoms with Crippen LogP contribution in [0.3, 0.4) is 0 Å². The highest BCUT2D eigenvalue weighted by Crippen LogP contribution is 2.09. The molecule has 21 heavy (non-hydrogen) atoms. The molecule has 0 aliphatic rings. The van der Waals surface area contributed by atoms with Gasteiger partial charge < -0.3 is 5.73 Å². The normalized spacial score (nSPS) is 10.8. The minimum Gasteiger partial charge on any atom is -0.330 e. The molecule has 0 saturated heterocycles. The molecule has 7 heteroatoms. The Kier molecular flexibility index (Phi) is 4.64. The van der Waals surface area contributed by atoms with Crippen molar-refractivity contribution in [3.63, 3.8) is 0 Å². The molecule has 0 unspecified atom stereocenters. The largest absolute Gasteiger partial charge is 0.331 e. The van der Waals surface area contributed by atoms with Crippen LogP contribution >= 0.6 is 0 Å². The second-order valence-corrected chi connectivity index (χ2v) is 4.61. The van der Waals surface area contributed by atoms with E-state index in [1.54, 1.807) is 0 Å². The maximum absolute atomic E-state index is 13.2. The minimum absolute atomic E-state index is 0.0545. The molecule has 0 saturated carbocycles. The number of nitrogens with zero attached hydrogens (tertiary/aromatic N) is 2. The van der Waals surface area contributed by atoms with Crippen LogP contribution in [0.4, 0.5) is 8.78 Å². The van der Waals surface area contributed by atoms with E-state index in [1.165, 1.54) is 22.9 Å². The zero-order chi connectivity index (χ0) is 15.4. The van der Waals surface area contributed by atoms with Crippen LogP contribution in [0, 0.1) is 11.6 Å². The number of rotatable bonds is 5. The summed E-state index contributed by atoms with van der Waals surface area (Å²) in [4.78, 5) is 23.8. The molecule has 0 spiro atoms. The van der Waals surface area contributed by atoms with E-state index in [-0.39, 0.29) is 13.1 Å². The lowest BCUT2D eigenvalue weighted by molar-refractivity contribution is 0.505. The van der Waals surface area contributed by atoms with E-state index < -0.39 is 22.9 Å². The van der Waals surface area contributed by atoms with E-state index in [1.807, 2.05) is 0 Å². The van der Waals surface area contributed by atoms with Gasteiger partial charge in [0, 0.05) is 18.8 Å². The molecule has 112 valence electrons. The number of nitrogens with two attached hydrogens (primary N) is 1. The molecule has 0 amide bonds. The van der Waals surface area contributed by atoms with Crippen LogP contribution in [0.2, 0.25) is 0 Å². The lowest BCUT2D eigenvalue weighted by Gasteiger charge is -2.09. The third kappa shape index (κ3) is 3.43. The van der Waals surface area contributed by atoms with Crippen LogP contribution < -0.4 is 17.0 Å². The molecule has 1 heterocycles. The number of halogens is 2. The molecule has 0 radical (unpaired) electrons. The summed E-state index contributed by atoms with van der Waals surface area (Å²) >= 11 is 0. The van der Waals surface area contributed by atoms with Gasteiger partial charge in [0.25, 0.3) is 5.56 Å². The Morgan fingerprint density at radius 1 is 1.10 bits per heavy atom. The van der Waals surface area contributed by atoms with Crippen molar-refractivity contribution in [1.29, 1.82) is 0 Å². The van der Waals surface area contributed by atoms with Crippen LogP contribution in [-0.4, -0.2) is 15.7 Å². The van der Waals surface area contributed by atoms with Gasteiger partial charge in [-0.15, -0.1) is 0 Å². The highest BCUT2D eigenvalue weighted by atomic mass is 19.2. The highest BCUT2D eigenvalue weighted by Gasteiger charge is 2.07. The molecule has 1 aromatic heterocycles. The molecule has 2 aromatic rings. The summed E-state index contributed by atoms with van der Waals surface area (Å²) in [7, 11) is 0. The Hall–Kier alpha value is -2.28. The summed E-state index contributed by atoms with van der Waals surface area (Å²) < 4.78 is 28.4. The van der Waals surface area contributed by atoms with Crippen molar-refractivity contribution < 1.29 is 8.78 Å². The molecule has 2 rings (SSSR count). The predicted molar refractivity (Wildman–Crippen MR) is 74.1 cm³/mol. The van der Waals surface area contributed by atoms with Gasteiger partial charge in [-0.1, -0.05) is 6.07 Å². The molecule has 0 aliphatic carbocycles. The van der Waals surface area contributed by atoms with Crippen LogP contribution in [-0.2, 0) is 13.1 Å². The molecule has 0 aliphatic heterocycles. The maximum Gasteiger partial charge on any atom is 0.331 e. The SMILES string of the molecule is NCCCn1c(=O)ccn(Cc2ccc(F)c(F)c2)c1=O. The Morgan fingerprint density at radius 3 is 2.52 bits per heavy atom. The molecule has 0 fully saturated rings. The minimum atomic E-state index is -0.975. The van der Waals surface area contributed by atoms with Gasteiger partial charge >= 0.3 is 5.69 Å². The summed E-state index contributed by atoms with van der Waals surface area (Å²) in [5, 5.41) is 0. The van der Waals surface area contributed by atoms with Gasteiger partial charge in [-0.05, 0) is 30.7 Å². The van der Waals surface area contributed by atoms with Crippen LogP contribution in [0.15, 0.2) is 40.1 Å². The number of hydrogen-bond donors (Lipinski definition) is 1. The lowest BCUT2D eigenvalue weighted by atomic mass is 10.2. The van der Waals surface area contributed by atoms with Crippen molar-refractivity contribution in [2.75, 3.05) is 6.54 Å². The lowest BCUT2D eigenvalue weighted by Crippen LogP contribution is -2.39. The standard InChI is InChI=1S/C14H15F2N3O2/c15-11-3-2-10(8-12(11)16)9-18-7-4-13(20)19(14(18)21)6-1-5-17/h2-4,7-8H,1,5-6,9,17H2. The summed E-state index contributed by atoms with van der Waals surface area (Å²) in [6, 6.07) is 4.68. The van der Waals surface area contributed by atoms with Gasteiger partial charge in [0.2, 0.25) is 0 Å². The molecular weight excluding hydrogens is 280 g/mol. The van der Waals surface area contributed by atoms with Gasteiger partial charge in [0.15, 0.2) is 11.6 Å². The molecule has 5 nitrogen and oxygen atoms in total. The van der Waals surface area contributed by atoms with Gasteiger partial charge in [-0.3, -0.25) is 13.9 Å². The summed E-state index contributed by atoms with van der Waals surface area (Å²) in [5.41, 5.74) is 4.89. The van der Waals surface area contributed by atoms with E-state index in [0.717, 1.165) is 16.7 Å². The second-order valence-electron chi connectivity index (χ2n) is 4.61. The fourth-order valence-corrected chi connectivity index (χ4v) is 1.97. The van der Waals surface area contributed by atoms with E-state index in [4.69, 9.17) is 5.73 Å². The van der Waals surface area contributed by atoms with Crippen molar-refractivity contribution in [3.05, 3.63) is 68.5 Å². The summed E-state index contributed by atoms with van der Waals surface area (Å²) in [6.07, 6.45) is 1.84. The zero-order valence-corrected chi connectivity index (χ0v) is 11.3. The smallest absolute Gasteiger partial charge is 0.330 e. The first-order valence-corrected chi connectivity index (χ1v) is 6.47. The van der Waals surface area contributed by atoms with E-state index in [0.29, 0.717) is 18.5 Å². The zero-order valence-electron chi connectivity index (χ0n) is 11.3. The maximum atomic E-state index is 13.2. The van der Waals surface area contributed by atoms with Crippen molar-refractivity contribution >= 4 is 0 Å². The van der Waals surface area contributed by atoms with E-state index >= 15 is 0 Å². The van der Waals surface area contributed by atoms with E-state index in [2.05, 4.69) is 0 Å². The van der Waals surface area contributed by atoms with Gasteiger partial charge in [0.1, 0.15) is 0 Å². The fourth-order valence-electron chi connectivity index (χ4n) is 1.97. The molecule has 1 aromatic carbocycles. The number of benzene rings is 1. The molecule has 0 atom stereocenters. The first-order valence-electron chi connectivity index (χ1n) is 6.47. The summed E-state index contributed by atoms with van der Waals surface area (Å²) in [5.74, 6) is -1.92. The van der Waals surface area contributed by atoms with Crippen molar-refractivity contribution in [3.8, 4) is 0 Å². The van der Waals surface area contributed by atoms with Crippen LogP contribution in [0.25, 0.3) is 0 Å². The Balaban J connectivity index is 2.34. The number of aromatic nitrogens is 2. The van der Waals surface area contributed by atoms with Crippen molar-refractivity contribution in [2.45, 2.75) is 19.5 Å². The quantitative estimate of drug-likeness (QED) is 0.882. The molecular formula is C14H15F2N3O2. The van der Waals surface area contributed by atoms with Crippen molar-refractivity contribution in [1.82, 2.24) is 9.13 Å². The summed E-state index contributed by atoms with van der Waals surface area (Å²) in [6.45, 7) is 0.648. The Bertz CT molecular complexity index is 753. The third-order valence-electron chi connectivity index (χ3n) is 3.06. The third-order valence-corrected chi connectivity index (χ3v) is 3.06. The molecule has 2 N–H and O–H groups in total. The first kappa shape index (κ1) is 15.1. The first-order chi connectivity index (χ1) is 10.0. The van der Waals surface area contributed by atoms with Gasteiger partial charge in [-0.25, -0.2) is 13.6 Å². The fraction of sp³-hybridized carbons (Fsp3) is 0.286. The van der Waals surface area contributed by atoms with Crippen LogP contribution in [0.1, 0.15) is 12.0 Å². The van der Waals surface area contributed by atoms with Crippen molar-refractivity contribution in [2.24, 2.45) is 5.73 Å². The van der Waals surface area contributed by atoms with Crippen LogP contribution in [0.5, 0.6) is 0 Å². The number of hydrogen-bond acceptors (Lipinski definition) is 3. The average molecular weight is 295 g/mol. The van der Waals surface area contributed by atoms with Gasteiger partial charge in [0.05, 0.1) is 6.54 Å². The van der Waals surface area contributed by atoms with Gasteiger partial charge in [-0.2, -0.15) is 0 Å². The monoisotopic (exact) mass is 295 g/mol. The van der Waals surface area contributed by atoms with E-state index in [9.17, 15) is 18.4 Å². The second kappa shape index (κ2) is 6.45. The predicted octanol–water partition coefficient (Wildman–Crippen LogP) is 0.685. The molecule has 0 bridgehead atoms. The Morgan fingerprint density at radius 2 is 1.86 bits per heavy atom. The Labute approximate surface area is 119 Å². The average Bonchev–Trinajstić information content (AvgIpc) is 2.46.